The highest BCUT2D eigenvalue weighted by Gasteiger charge is 2.44. The predicted octanol–water partition coefficient (Wildman–Crippen LogP) is 6.48. The number of nitriles is 1. The summed E-state index contributed by atoms with van der Waals surface area (Å²) in [5, 5.41) is 10.2. The van der Waals surface area contributed by atoms with Crippen molar-refractivity contribution in [1.82, 2.24) is 4.90 Å². The Labute approximate surface area is 235 Å². The van der Waals surface area contributed by atoms with Gasteiger partial charge >= 0.3 is 0 Å². The lowest BCUT2D eigenvalue weighted by atomic mass is 9.68. The molecule has 2 aromatic carbocycles. The molecule has 1 aliphatic heterocycles. The molecule has 0 radical (unpaired) electrons. The summed E-state index contributed by atoms with van der Waals surface area (Å²) < 4.78 is 12.9. The van der Waals surface area contributed by atoms with Gasteiger partial charge in [-0.25, -0.2) is 0 Å². The van der Waals surface area contributed by atoms with Crippen molar-refractivity contribution in [1.29, 1.82) is 5.26 Å². The SMILES string of the molecule is COCCN1C(N)=C(C#N)[C@@H](c2cc(Br)c(OCc3ccc(C)cc3)c(Br)c2)C2=C1CC(C)(C)CC2=O. The van der Waals surface area contributed by atoms with E-state index in [-0.39, 0.29) is 11.2 Å². The highest BCUT2D eigenvalue weighted by Crippen LogP contribution is 2.50. The second kappa shape index (κ2) is 11.0. The number of carbonyl (C=O) groups excluding carboxylic acids is 1. The first-order chi connectivity index (χ1) is 17.6. The van der Waals surface area contributed by atoms with Gasteiger partial charge in [-0.2, -0.15) is 5.26 Å². The molecule has 2 aromatic rings. The molecule has 1 atom stereocenters. The summed E-state index contributed by atoms with van der Waals surface area (Å²) in [4.78, 5) is 15.5. The molecule has 0 aromatic heterocycles. The molecule has 0 unspecified atom stereocenters. The zero-order valence-electron chi connectivity index (χ0n) is 21.5. The van der Waals surface area contributed by atoms with Crippen LogP contribution in [-0.2, 0) is 16.1 Å². The molecule has 194 valence electrons. The molecule has 0 saturated heterocycles. The van der Waals surface area contributed by atoms with Crippen molar-refractivity contribution in [2.24, 2.45) is 11.1 Å². The second-order valence-electron chi connectivity index (χ2n) is 10.4. The van der Waals surface area contributed by atoms with Crippen LogP contribution in [0.3, 0.4) is 0 Å². The number of aryl methyl sites for hydroxylation is 1. The number of carbonyl (C=O) groups is 1. The summed E-state index contributed by atoms with van der Waals surface area (Å²) in [6, 6.07) is 14.4. The van der Waals surface area contributed by atoms with Gasteiger partial charge in [0.2, 0.25) is 0 Å². The Balaban J connectivity index is 1.76. The number of methoxy groups -OCH3 is 1. The molecule has 0 saturated carbocycles. The number of rotatable bonds is 7. The van der Waals surface area contributed by atoms with Crippen LogP contribution >= 0.6 is 31.9 Å². The van der Waals surface area contributed by atoms with Gasteiger partial charge < -0.3 is 20.1 Å². The van der Waals surface area contributed by atoms with Crippen molar-refractivity contribution in [3.05, 3.63) is 84.7 Å². The van der Waals surface area contributed by atoms with Gasteiger partial charge in [-0.15, -0.1) is 0 Å². The average molecular weight is 629 g/mol. The van der Waals surface area contributed by atoms with Crippen molar-refractivity contribution in [3.8, 4) is 11.8 Å². The van der Waals surface area contributed by atoms with Crippen molar-refractivity contribution in [3.63, 3.8) is 0 Å². The smallest absolute Gasteiger partial charge is 0.162 e. The molecule has 0 amide bonds. The molecule has 0 fully saturated rings. The molecule has 1 heterocycles. The molecule has 8 heteroatoms. The third kappa shape index (κ3) is 5.64. The monoisotopic (exact) mass is 627 g/mol. The number of hydrogen-bond donors (Lipinski definition) is 1. The number of hydrogen-bond acceptors (Lipinski definition) is 6. The van der Waals surface area contributed by atoms with Gasteiger partial charge in [0.05, 0.1) is 33.1 Å². The third-order valence-electron chi connectivity index (χ3n) is 6.86. The van der Waals surface area contributed by atoms with E-state index in [0.717, 1.165) is 25.8 Å². The molecule has 1 aliphatic carbocycles. The number of nitrogens with zero attached hydrogens (tertiary/aromatic N) is 2. The number of allylic oxidation sites excluding steroid dienone is 3. The van der Waals surface area contributed by atoms with E-state index in [1.165, 1.54) is 5.56 Å². The summed E-state index contributed by atoms with van der Waals surface area (Å²) in [5.74, 6) is 0.523. The molecule has 6 nitrogen and oxygen atoms in total. The van der Waals surface area contributed by atoms with Crippen molar-refractivity contribution >= 4 is 37.6 Å². The van der Waals surface area contributed by atoms with Crippen LogP contribution in [-0.4, -0.2) is 30.9 Å². The van der Waals surface area contributed by atoms with Crippen LogP contribution < -0.4 is 10.5 Å². The Hall–Kier alpha value is -2.60. The molecule has 37 heavy (non-hydrogen) atoms. The van der Waals surface area contributed by atoms with Crippen LogP contribution in [0.15, 0.2) is 68.0 Å². The Kier molecular flexibility index (Phi) is 8.17. The Morgan fingerprint density at radius 1 is 1.16 bits per heavy atom. The minimum Gasteiger partial charge on any atom is -0.487 e. The van der Waals surface area contributed by atoms with Gasteiger partial charge in [-0.3, -0.25) is 4.79 Å². The highest BCUT2D eigenvalue weighted by molar-refractivity contribution is 9.11. The van der Waals surface area contributed by atoms with E-state index in [1.54, 1.807) is 7.11 Å². The fourth-order valence-corrected chi connectivity index (χ4v) is 6.52. The Morgan fingerprint density at radius 2 is 1.81 bits per heavy atom. The van der Waals surface area contributed by atoms with Crippen LogP contribution in [0.2, 0.25) is 0 Å². The molecule has 2 N–H and O–H groups in total. The molecule has 0 spiro atoms. The fourth-order valence-electron chi connectivity index (χ4n) is 5.07. The molecule has 0 bridgehead atoms. The fraction of sp³-hybridized carbons (Fsp3) is 0.379. The van der Waals surface area contributed by atoms with Crippen LogP contribution in [0, 0.1) is 23.7 Å². The lowest BCUT2D eigenvalue weighted by molar-refractivity contribution is -0.118. The number of ether oxygens (including phenoxy) is 2. The van der Waals surface area contributed by atoms with Crippen molar-refractivity contribution in [2.45, 2.75) is 46.1 Å². The zero-order valence-corrected chi connectivity index (χ0v) is 24.7. The van der Waals surface area contributed by atoms with Gasteiger partial charge in [-0.1, -0.05) is 43.7 Å². The minimum absolute atomic E-state index is 0.0471. The number of ketones is 1. The van der Waals surface area contributed by atoms with Gasteiger partial charge in [0.25, 0.3) is 0 Å². The van der Waals surface area contributed by atoms with Crippen molar-refractivity contribution < 1.29 is 14.3 Å². The Morgan fingerprint density at radius 3 is 2.41 bits per heavy atom. The first kappa shape index (κ1) is 27.4. The van der Waals surface area contributed by atoms with Gasteiger partial charge in [0, 0.05) is 31.3 Å². The van der Waals surface area contributed by atoms with Crippen LogP contribution in [0.1, 0.15) is 49.3 Å². The molecular formula is C29H31Br2N3O3. The quantitative estimate of drug-likeness (QED) is 0.377. The first-order valence-electron chi connectivity index (χ1n) is 12.2. The van der Waals surface area contributed by atoms with E-state index < -0.39 is 5.92 Å². The summed E-state index contributed by atoms with van der Waals surface area (Å²) >= 11 is 7.32. The summed E-state index contributed by atoms with van der Waals surface area (Å²) in [5.41, 5.74) is 11.4. The Bertz CT molecular complexity index is 1300. The summed E-state index contributed by atoms with van der Waals surface area (Å²) in [6.07, 6.45) is 1.10. The number of halogens is 2. The average Bonchev–Trinajstić information content (AvgIpc) is 2.82. The van der Waals surface area contributed by atoms with Crippen LogP contribution in [0.4, 0.5) is 0 Å². The molecule has 2 aliphatic rings. The number of benzene rings is 2. The summed E-state index contributed by atoms with van der Waals surface area (Å²) in [6.45, 7) is 7.54. The number of Topliss-reactive ketones (excluding diaryl/α,β-unsaturated/α-hetero) is 1. The maximum Gasteiger partial charge on any atom is 0.162 e. The number of nitrogens with two attached hydrogens (primary N) is 1. The van der Waals surface area contributed by atoms with Gasteiger partial charge in [0.1, 0.15) is 18.2 Å². The predicted molar refractivity (Wildman–Crippen MR) is 151 cm³/mol. The van der Waals surface area contributed by atoms with Crippen molar-refractivity contribution in [2.75, 3.05) is 20.3 Å². The van der Waals surface area contributed by atoms with E-state index in [1.807, 2.05) is 36.1 Å². The minimum atomic E-state index is -0.554. The lowest BCUT2D eigenvalue weighted by Gasteiger charge is -2.43. The van der Waals surface area contributed by atoms with Gasteiger partial charge in [-0.05, 0) is 73.9 Å². The maximum atomic E-state index is 13.6. The topological polar surface area (TPSA) is 88.6 Å². The standard InChI is InChI=1S/C29H31Br2N3O3/c1-17-5-7-18(8-6-17)16-37-27-21(30)11-19(12-22(27)31)25-20(15-32)28(33)34(9-10-36-4)23-13-29(2,3)14-24(35)26(23)25/h5-8,11-12,25H,9-10,13-14,16,33H2,1-4H3/t25-/m1/s1. The maximum absolute atomic E-state index is 13.6. The van der Waals surface area contributed by atoms with Crippen LogP contribution in [0.25, 0.3) is 0 Å². The second-order valence-corrected chi connectivity index (χ2v) is 12.1. The van der Waals surface area contributed by atoms with E-state index in [0.29, 0.717) is 55.3 Å². The molecule has 4 rings (SSSR count). The third-order valence-corrected chi connectivity index (χ3v) is 8.04. The van der Waals surface area contributed by atoms with E-state index in [4.69, 9.17) is 15.2 Å². The molecular weight excluding hydrogens is 598 g/mol. The normalized spacial score (nSPS) is 19.1. The van der Waals surface area contributed by atoms with E-state index in [2.05, 4.69) is 63.9 Å². The van der Waals surface area contributed by atoms with E-state index in [9.17, 15) is 10.1 Å². The van der Waals surface area contributed by atoms with E-state index >= 15 is 0 Å². The zero-order chi connectivity index (χ0) is 26.9. The lowest BCUT2D eigenvalue weighted by Crippen LogP contribution is -2.43. The van der Waals surface area contributed by atoms with Gasteiger partial charge in [0.15, 0.2) is 5.78 Å². The first-order valence-corrected chi connectivity index (χ1v) is 13.7. The largest absolute Gasteiger partial charge is 0.487 e. The van der Waals surface area contributed by atoms with Crippen LogP contribution in [0.5, 0.6) is 5.75 Å². The summed E-state index contributed by atoms with van der Waals surface area (Å²) in [7, 11) is 1.63. The highest BCUT2D eigenvalue weighted by atomic mass is 79.9.